The summed E-state index contributed by atoms with van der Waals surface area (Å²) in [6, 6.07) is 0.175. The molecule has 2 atom stereocenters. The van der Waals surface area contributed by atoms with Gasteiger partial charge in [-0.3, -0.25) is 9.59 Å². The fraction of sp³-hybridized carbons (Fsp3) is 0.667. The second-order valence-electron chi connectivity index (χ2n) is 5.87. The van der Waals surface area contributed by atoms with Crippen molar-refractivity contribution in [3.8, 4) is 0 Å². The van der Waals surface area contributed by atoms with Crippen LogP contribution in [-0.4, -0.2) is 33.2 Å². The lowest BCUT2D eigenvalue weighted by atomic mass is 9.91. The second-order valence-corrected chi connectivity index (χ2v) is 5.87. The third-order valence-corrected chi connectivity index (χ3v) is 4.57. The normalized spacial score (nSPS) is 22.9. The first-order valence-electron chi connectivity index (χ1n) is 7.20. The molecular weight excluding hydrogens is 254 g/mol. The largest absolute Gasteiger partial charge is 0.335 e. The molecular formula is C15H23N3O2. The van der Waals surface area contributed by atoms with E-state index in [-0.39, 0.29) is 23.1 Å². The molecule has 5 nitrogen and oxygen atoms in total. The Labute approximate surface area is 119 Å². The first kappa shape index (κ1) is 14.8. The molecule has 1 aliphatic rings. The van der Waals surface area contributed by atoms with E-state index in [2.05, 4.69) is 18.9 Å². The van der Waals surface area contributed by atoms with Crippen molar-refractivity contribution < 1.29 is 4.79 Å². The summed E-state index contributed by atoms with van der Waals surface area (Å²) in [6.45, 7) is 8.58. The molecule has 1 aliphatic heterocycles. The van der Waals surface area contributed by atoms with Crippen molar-refractivity contribution in [2.75, 3.05) is 6.54 Å². The number of nitrogens with zero attached hydrogens (tertiary/aromatic N) is 3. The zero-order valence-electron chi connectivity index (χ0n) is 12.9. The van der Waals surface area contributed by atoms with Gasteiger partial charge in [-0.1, -0.05) is 6.92 Å². The van der Waals surface area contributed by atoms with Gasteiger partial charge in [0.25, 0.3) is 11.5 Å². The third-order valence-electron chi connectivity index (χ3n) is 4.57. The van der Waals surface area contributed by atoms with Crippen LogP contribution in [-0.2, 0) is 7.05 Å². The fourth-order valence-electron chi connectivity index (χ4n) is 2.87. The molecule has 0 saturated carbocycles. The SMILES string of the molecule is Cc1nn(C)c(=O)c(C(=O)N2CCC[C@@H](C)[C@H]2C)c1C. The number of carbonyl (C=O) groups is 1. The Balaban J connectivity index is 2.46. The second kappa shape index (κ2) is 5.38. The van der Waals surface area contributed by atoms with Crippen molar-refractivity contribution in [2.24, 2.45) is 13.0 Å². The number of carbonyl (C=O) groups excluding carboxylic acids is 1. The number of piperidine rings is 1. The van der Waals surface area contributed by atoms with Gasteiger partial charge in [0.15, 0.2) is 0 Å². The Morgan fingerprint density at radius 1 is 1.30 bits per heavy atom. The molecule has 1 amide bonds. The lowest BCUT2D eigenvalue weighted by molar-refractivity contribution is 0.0547. The lowest BCUT2D eigenvalue weighted by Crippen LogP contribution is -2.48. The molecule has 0 spiro atoms. The highest BCUT2D eigenvalue weighted by atomic mass is 16.2. The van der Waals surface area contributed by atoms with Gasteiger partial charge in [0.1, 0.15) is 5.56 Å². The molecule has 0 N–H and O–H groups in total. The average molecular weight is 277 g/mol. The van der Waals surface area contributed by atoms with Gasteiger partial charge in [-0.15, -0.1) is 0 Å². The van der Waals surface area contributed by atoms with Gasteiger partial charge >= 0.3 is 0 Å². The van der Waals surface area contributed by atoms with Crippen LogP contribution in [0.3, 0.4) is 0 Å². The molecule has 0 unspecified atom stereocenters. The van der Waals surface area contributed by atoms with Gasteiger partial charge in [-0.05, 0) is 45.1 Å². The van der Waals surface area contributed by atoms with E-state index >= 15 is 0 Å². The number of hydrogen-bond donors (Lipinski definition) is 0. The predicted octanol–water partition coefficient (Wildman–Crippen LogP) is 1.66. The Morgan fingerprint density at radius 3 is 2.60 bits per heavy atom. The van der Waals surface area contributed by atoms with Crippen LogP contribution in [0, 0.1) is 19.8 Å². The first-order chi connectivity index (χ1) is 9.34. The molecule has 1 fully saturated rings. The average Bonchev–Trinajstić information content (AvgIpc) is 2.40. The summed E-state index contributed by atoms with van der Waals surface area (Å²) >= 11 is 0. The van der Waals surface area contributed by atoms with Gasteiger partial charge in [-0.2, -0.15) is 5.10 Å². The van der Waals surface area contributed by atoms with Crippen LogP contribution in [0.2, 0.25) is 0 Å². The smallest absolute Gasteiger partial charge is 0.279 e. The van der Waals surface area contributed by atoms with Crippen molar-refractivity contribution in [1.29, 1.82) is 0 Å². The molecule has 2 rings (SSSR count). The van der Waals surface area contributed by atoms with Crippen LogP contribution >= 0.6 is 0 Å². The summed E-state index contributed by atoms with van der Waals surface area (Å²) in [6.07, 6.45) is 2.14. The molecule has 5 heteroatoms. The molecule has 0 radical (unpaired) electrons. The van der Waals surface area contributed by atoms with E-state index in [4.69, 9.17) is 0 Å². The Kier molecular flexibility index (Phi) is 3.97. The highest BCUT2D eigenvalue weighted by molar-refractivity contribution is 5.95. The van der Waals surface area contributed by atoms with Crippen molar-refractivity contribution in [3.05, 3.63) is 27.2 Å². The number of amides is 1. The maximum absolute atomic E-state index is 12.8. The number of aromatic nitrogens is 2. The molecule has 0 aliphatic carbocycles. The first-order valence-corrected chi connectivity index (χ1v) is 7.20. The molecule has 2 heterocycles. The van der Waals surface area contributed by atoms with E-state index in [1.54, 1.807) is 14.0 Å². The van der Waals surface area contributed by atoms with E-state index in [0.717, 1.165) is 25.1 Å². The molecule has 1 aromatic heterocycles. The van der Waals surface area contributed by atoms with Crippen LogP contribution in [0.15, 0.2) is 4.79 Å². The van der Waals surface area contributed by atoms with E-state index in [1.165, 1.54) is 4.68 Å². The van der Waals surface area contributed by atoms with E-state index < -0.39 is 0 Å². The molecule has 0 aromatic carbocycles. The predicted molar refractivity (Wildman–Crippen MR) is 77.8 cm³/mol. The molecule has 1 aromatic rings. The molecule has 0 bridgehead atoms. The summed E-state index contributed by atoms with van der Waals surface area (Å²) in [5.41, 5.74) is 1.40. The number of rotatable bonds is 1. The molecule has 20 heavy (non-hydrogen) atoms. The topological polar surface area (TPSA) is 55.2 Å². The minimum atomic E-state index is -0.302. The standard InChI is InChI=1S/C15H23N3O2/c1-9-7-6-8-18(12(9)4)15(20)13-10(2)11(3)16-17(5)14(13)19/h9,12H,6-8H2,1-5H3/t9-,12-/m1/s1. The zero-order chi connectivity index (χ0) is 15.0. The van der Waals surface area contributed by atoms with Gasteiger partial charge in [-0.25, -0.2) is 4.68 Å². The van der Waals surface area contributed by atoms with Gasteiger partial charge in [0.05, 0.1) is 5.69 Å². The Bertz CT molecular complexity index is 592. The van der Waals surface area contributed by atoms with Crippen LogP contribution in [0.25, 0.3) is 0 Å². The van der Waals surface area contributed by atoms with Crippen molar-refractivity contribution in [2.45, 2.75) is 46.6 Å². The highest BCUT2D eigenvalue weighted by Gasteiger charge is 2.31. The van der Waals surface area contributed by atoms with Crippen molar-refractivity contribution in [3.63, 3.8) is 0 Å². The number of aryl methyl sites for hydroxylation is 2. The monoisotopic (exact) mass is 277 g/mol. The highest BCUT2D eigenvalue weighted by Crippen LogP contribution is 2.24. The number of hydrogen-bond acceptors (Lipinski definition) is 3. The van der Waals surface area contributed by atoms with Crippen LogP contribution < -0.4 is 5.56 Å². The third kappa shape index (κ3) is 2.37. The molecule has 1 saturated heterocycles. The van der Waals surface area contributed by atoms with Gasteiger partial charge < -0.3 is 4.90 Å². The van der Waals surface area contributed by atoms with Crippen LogP contribution in [0.4, 0.5) is 0 Å². The maximum Gasteiger partial charge on any atom is 0.279 e. The van der Waals surface area contributed by atoms with E-state index in [1.807, 2.05) is 11.8 Å². The maximum atomic E-state index is 12.8. The Morgan fingerprint density at radius 2 is 1.95 bits per heavy atom. The van der Waals surface area contributed by atoms with Gasteiger partial charge in [0, 0.05) is 19.6 Å². The summed E-state index contributed by atoms with van der Waals surface area (Å²) in [5.74, 6) is 0.326. The molecule has 110 valence electrons. The number of likely N-dealkylation sites (tertiary alicyclic amines) is 1. The van der Waals surface area contributed by atoms with Crippen LogP contribution in [0.1, 0.15) is 48.3 Å². The van der Waals surface area contributed by atoms with Crippen LogP contribution in [0.5, 0.6) is 0 Å². The van der Waals surface area contributed by atoms with E-state index in [9.17, 15) is 9.59 Å². The summed E-state index contributed by atoms with van der Waals surface area (Å²) < 4.78 is 1.26. The lowest BCUT2D eigenvalue weighted by Gasteiger charge is -2.38. The van der Waals surface area contributed by atoms with Gasteiger partial charge in [0.2, 0.25) is 0 Å². The quantitative estimate of drug-likeness (QED) is 0.784. The minimum absolute atomic E-state index is 0.146. The minimum Gasteiger partial charge on any atom is -0.335 e. The van der Waals surface area contributed by atoms with Crippen molar-refractivity contribution in [1.82, 2.24) is 14.7 Å². The zero-order valence-corrected chi connectivity index (χ0v) is 12.9. The van der Waals surface area contributed by atoms with E-state index in [0.29, 0.717) is 11.5 Å². The Hall–Kier alpha value is -1.65. The summed E-state index contributed by atoms with van der Waals surface area (Å²) in [5, 5.41) is 4.13. The summed E-state index contributed by atoms with van der Waals surface area (Å²) in [4.78, 5) is 26.9. The summed E-state index contributed by atoms with van der Waals surface area (Å²) in [7, 11) is 1.59. The van der Waals surface area contributed by atoms with Crippen molar-refractivity contribution >= 4 is 5.91 Å². The fourth-order valence-corrected chi connectivity index (χ4v) is 2.87.